The zero-order chi connectivity index (χ0) is 32.8. The van der Waals surface area contributed by atoms with E-state index >= 15 is 4.39 Å². The van der Waals surface area contributed by atoms with Gasteiger partial charge in [0.1, 0.15) is 6.17 Å². The number of H-pyrrole nitrogens is 1. The maximum absolute atomic E-state index is 16.4. The molecule has 3 aromatic rings. The van der Waals surface area contributed by atoms with Crippen molar-refractivity contribution in [1.82, 2.24) is 35.0 Å². The van der Waals surface area contributed by atoms with E-state index in [1.54, 1.807) is 18.7 Å². The van der Waals surface area contributed by atoms with E-state index in [2.05, 4.69) is 30.4 Å². The summed E-state index contributed by atoms with van der Waals surface area (Å²) in [5.74, 6) is -1.36. The Bertz CT molecular complexity index is 1690. The van der Waals surface area contributed by atoms with E-state index in [0.29, 0.717) is 32.6 Å². The van der Waals surface area contributed by atoms with Gasteiger partial charge in [-0.25, -0.2) is 9.37 Å². The van der Waals surface area contributed by atoms with Crippen LogP contribution in [0.25, 0.3) is 10.9 Å². The first-order chi connectivity index (χ1) is 23.4. The minimum absolute atomic E-state index is 0.0483. The van der Waals surface area contributed by atoms with Gasteiger partial charge in [-0.2, -0.15) is 0 Å². The van der Waals surface area contributed by atoms with E-state index < -0.39 is 24.2 Å². The fourth-order valence-electron chi connectivity index (χ4n) is 9.04. The predicted molar refractivity (Wildman–Crippen MR) is 176 cm³/mol. The number of amides is 2. The van der Waals surface area contributed by atoms with Crippen LogP contribution in [-0.4, -0.2) is 104 Å². The number of likely N-dealkylation sites (tertiary alicyclic amines) is 1. The number of hydrogen-bond acceptors (Lipinski definition) is 7. The fraction of sp³-hybridized carbons (Fsp3) is 0.556. The molecule has 48 heavy (non-hydrogen) atoms. The normalized spacial score (nSPS) is 31.6. The van der Waals surface area contributed by atoms with Crippen molar-refractivity contribution in [3.05, 3.63) is 66.5 Å². The Hall–Kier alpha value is -4.03. The van der Waals surface area contributed by atoms with Crippen molar-refractivity contribution in [1.29, 1.82) is 0 Å². The van der Waals surface area contributed by atoms with E-state index in [-0.39, 0.29) is 60.2 Å². The summed E-state index contributed by atoms with van der Waals surface area (Å²) in [5, 5.41) is 7.17. The molecule has 8 atom stereocenters. The quantitative estimate of drug-likeness (QED) is 0.239. The van der Waals surface area contributed by atoms with Gasteiger partial charge in [0.15, 0.2) is 5.78 Å². The van der Waals surface area contributed by atoms with Gasteiger partial charge in [-0.3, -0.25) is 19.3 Å². The molecule has 8 rings (SSSR count). The molecule has 5 heterocycles. The average Bonchev–Trinajstić information content (AvgIpc) is 3.87. The second kappa shape index (κ2) is 13.1. The predicted octanol–water partition coefficient (Wildman–Crippen LogP) is 2.88. The first-order valence-electron chi connectivity index (χ1n) is 17.6. The number of aryl methyl sites for hydroxylation is 1. The summed E-state index contributed by atoms with van der Waals surface area (Å²) in [7, 11) is 0. The smallest absolute Gasteiger partial charge is 0.256 e. The number of imidazole rings is 1. The number of hydrogen-bond donors (Lipinski definition) is 3. The number of nitrogens with one attached hydrogen (secondary N) is 3. The zero-order valence-corrected chi connectivity index (χ0v) is 27.1. The lowest BCUT2D eigenvalue weighted by Gasteiger charge is -2.60. The average molecular weight is 658 g/mol. The van der Waals surface area contributed by atoms with Crippen molar-refractivity contribution in [3.63, 3.8) is 0 Å². The van der Waals surface area contributed by atoms with Crippen molar-refractivity contribution in [2.45, 2.75) is 100 Å². The Kier molecular flexibility index (Phi) is 8.54. The number of aromatic amines is 1. The number of halogens is 1. The Morgan fingerprint density at radius 1 is 1.12 bits per heavy atom. The topological polar surface area (TPSA) is 125 Å². The van der Waals surface area contributed by atoms with E-state index in [4.69, 9.17) is 4.74 Å². The van der Waals surface area contributed by atoms with E-state index in [1.807, 2.05) is 41.2 Å². The summed E-state index contributed by atoms with van der Waals surface area (Å²) in [6, 6.07) is 7.07. The second-order valence-corrected chi connectivity index (χ2v) is 14.2. The molecule has 254 valence electrons. The number of Topliss-reactive ketones (excluding diaryl/α,β-unsaturated/α-hetero) is 1. The molecule has 1 aromatic carbocycles. The Labute approximate surface area is 279 Å². The van der Waals surface area contributed by atoms with E-state index in [0.717, 1.165) is 48.6 Å². The molecule has 0 bridgehead atoms. The lowest BCUT2D eigenvalue weighted by atomic mass is 9.69. The second-order valence-electron chi connectivity index (χ2n) is 14.2. The van der Waals surface area contributed by atoms with Crippen LogP contribution < -0.4 is 10.6 Å². The molecule has 2 saturated carbocycles. The highest BCUT2D eigenvalue weighted by Crippen LogP contribution is 2.47. The van der Waals surface area contributed by atoms with Crippen LogP contribution in [0.1, 0.15) is 50.5 Å². The Morgan fingerprint density at radius 2 is 2.00 bits per heavy atom. The molecular formula is C36H44FN7O4. The summed E-state index contributed by atoms with van der Waals surface area (Å²) in [4.78, 5) is 52.1. The fourth-order valence-corrected chi connectivity index (χ4v) is 9.04. The van der Waals surface area contributed by atoms with Gasteiger partial charge in [0.05, 0.1) is 48.7 Å². The minimum Gasteiger partial charge on any atom is -0.369 e. The number of ether oxygens (including phenoxy) is 1. The third-order valence-corrected chi connectivity index (χ3v) is 11.3. The summed E-state index contributed by atoms with van der Waals surface area (Å²) in [6.07, 6.45) is 12.8. The number of morpholine rings is 1. The molecular weight excluding hydrogens is 613 g/mol. The van der Waals surface area contributed by atoms with E-state index in [9.17, 15) is 14.4 Å². The molecule has 8 unspecified atom stereocenters. The largest absolute Gasteiger partial charge is 0.369 e. The Balaban J connectivity index is 0.962. The number of aromatic nitrogens is 3. The zero-order valence-electron chi connectivity index (χ0n) is 27.1. The summed E-state index contributed by atoms with van der Waals surface area (Å²) >= 11 is 0. The van der Waals surface area contributed by atoms with Crippen molar-refractivity contribution < 1.29 is 23.5 Å². The maximum Gasteiger partial charge on any atom is 0.256 e. The van der Waals surface area contributed by atoms with Crippen molar-refractivity contribution in [2.75, 3.05) is 19.6 Å². The summed E-state index contributed by atoms with van der Waals surface area (Å²) < 4.78 is 25.2. The van der Waals surface area contributed by atoms with Crippen molar-refractivity contribution in [3.8, 4) is 0 Å². The molecule has 11 nitrogen and oxygen atoms in total. The number of fused-ring (bicyclic) bond motifs is 3. The lowest BCUT2D eigenvalue weighted by molar-refractivity contribution is -0.209. The van der Waals surface area contributed by atoms with Crippen LogP contribution in [0, 0.1) is 5.92 Å². The van der Waals surface area contributed by atoms with Gasteiger partial charge in [-0.15, -0.1) is 0 Å². The van der Waals surface area contributed by atoms with E-state index in [1.165, 1.54) is 0 Å². The molecule has 0 radical (unpaired) electrons. The first kappa shape index (κ1) is 31.3. The van der Waals surface area contributed by atoms with Gasteiger partial charge >= 0.3 is 0 Å². The van der Waals surface area contributed by atoms with Gasteiger partial charge in [-0.1, -0.05) is 31.0 Å². The van der Waals surface area contributed by atoms with Crippen LogP contribution >= 0.6 is 0 Å². The van der Waals surface area contributed by atoms with Gasteiger partial charge < -0.3 is 29.8 Å². The van der Waals surface area contributed by atoms with Crippen molar-refractivity contribution in [2.24, 2.45) is 5.92 Å². The summed E-state index contributed by atoms with van der Waals surface area (Å²) in [5.41, 5.74) is 2.09. The SMILES string of the molecule is O=C(Cc1c[nH]c2ccccc12)NC1CCN(C2C(F)CC3C(=O)C(C(=O)NCCCn4ccnc4)=CN4C5CCCCC5OC2C34)C1. The molecule has 5 aliphatic rings. The van der Waals surface area contributed by atoms with Gasteiger partial charge in [-0.05, 0) is 43.7 Å². The van der Waals surface area contributed by atoms with Crippen LogP contribution in [0.2, 0.25) is 0 Å². The number of carbonyl (C=O) groups excluding carboxylic acids is 3. The van der Waals surface area contributed by atoms with Crippen LogP contribution in [0.5, 0.6) is 0 Å². The van der Waals surface area contributed by atoms with Crippen molar-refractivity contribution >= 4 is 28.5 Å². The van der Waals surface area contributed by atoms with Crippen LogP contribution in [0.3, 0.4) is 0 Å². The molecule has 3 aliphatic heterocycles. The third kappa shape index (κ3) is 5.83. The molecule has 2 saturated heterocycles. The first-order valence-corrected chi connectivity index (χ1v) is 17.6. The molecule has 12 heteroatoms. The third-order valence-electron chi connectivity index (χ3n) is 11.3. The number of nitrogens with zero attached hydrogens (tertiary/aromatic N) is 4. The Morgan fingerprint density at radius 3 is 2.88 bits per heavy atom. The number of alkyl halides is 1. The van der Waals surface area contributed by atoms with Crippen LogP contribution in [-0.2, 0) is 32.1 Å². The summed E-state index contributed by atoms with van der Waals surface area (Å²) in [6.45, 7) is 2.32. The van der Waals surface area contributed by atoms with Gasteiger partial charge in [0.2, 0.25) is 5.91 Å². The van der Waals surface area contributed by atoms with Gasteiger partial charge in [0, 0.05) is 73.8 Å². The molecule has 3 N–H and O–H groups in total. The molecule has 4 fully saturated rings. The number of para-hydroxylation sites is 1. The number of ketones is 1. The molecule has 2 amide bonds. The number of benzene rings is 1. The molecule has 2 aliphatic carbocycles. The number of rotatable bonds is 9. The molecule has 0 spiro atoms. The van der Waals surface area contributed by atoms with Gasteiger partial charge in [0.25, 0.3) is 5.91 Å². The highest BCUT2D eigenvalue weighted by atomic mass is 19.1. The highest BCUT2D eigenvalue weighted by Gasteiger charge is 2.59. The maximum atomic E-state index is 16.4. The van der Waals surface area contributed by atoms with Crippen LogP contribution in [0.15, 0.2) is 61.0 Å². The standard InChI is InChI=1S/C36H44FN7O4/c37-27-17-25-32-35(33(27)43-14-10-23(19-43)41-31(45)16-22-18-40-28-7-2-1-6-24(22)28)48-30-9-4-3-8-29(30)44(32)20-26(34(25)46)36(47)39-11-5-13-42-15-12-38-21-42/h1-2,6-7,12,15,18,20-21,23,25,27,29-30,32-33,35,40H,3-5,8-11,13-14,16-17,19H2,(H,39,47)(H,41,45). The monoisotopic (exact) mass is 657 g/mol. The van der Waals surface area contributed by atoms with Crippen LogP contribution in [0.4, 0.5) is 4.39 Å². The highest BCUT2D eigenvalue weighted by molar-refractivity contribution is 6.20. The molecule has 2 aromatic heterocycles. The lowest BCUT2D eigenvalue weighted by Crippen LogP contribution is -2.73. The minimum atomic E-state index is -1.29. The number of carbonyl (C=O) groups is 3.